The summed E-state index contributed by atoms with van der Waals surface area (Å²) in [6, 6.07) is 10.9. The Bertz CT molecular complexity index is 1080. The third-order valence-electron chi connectivity index (χ3n) is 3.59. The van der Waals surface area contributed by atoms with Crippen molar-refractivity contribution in [1.82, 2.24) is 9.78 Å². The van der Waals surface area contributed by atoms with E-state index in [4.69, 9.17) is 5.11 Å². The number of carboxylic acids is 1. The van der Waals surface area contributed by atoms with Gasteiger partial charge < -0.3 is 5.11 Å². The molecule has 2 N–H and O–H groups in total. The van der Waals surface area contributed by atoms with Gasteiger partial charge in [-0.1, -0.05) is 17.7 Å². The lowest BCUT2D eigenvalue weighted by atomic mass is 10.2. The summed E-state index contributed by atoms with van der Waals surface area (Å²) in [4.78, 5) is 11.0. The molecule has 0 aliphatic rings. The van der Waals surface area contributed by atoms with Crippen molar-refractivity contribution in [3.8, 4) is 5.69 Å². The molecule has 26 heavy (non-hydrogen) atoms. The highest BCUT2D eigenvalue weighted by Crippen LogP contribution is 2.24. The van der Waals surface area contributed by atoms with Crippen LogP contribution in [0.2, 0.25) is 0 Å². The summed E-state index contributed by atoms with van der Waals surface area (Å²) < 4.78 is 42.3. The number of nitrogens with one attached hydrogen (secondary N) is 1. The number of anilines is 1. The third-order valence-corrected chi connectivity index (χ3v) is 4.97. The summed E-state index contributed by atoms with van der Waals surface area (Å²) in [5.74, 6) is -1.88. The van der Waals surface area contributed by atoms with Crippen molar-refractivity contribution < 1.29 is 22.7 Å². The molecule has 0 unspecified atom stereocenters. The van der Waals surface area contributed by atoms with Crippen LogP contribution in [0.4, 0.5) is 10.1 Å². The van der Waals surface area contributed by atoms with Crippen LogP contribution in [0.5, 0.6) is 0 Å². The van der Waals surface area contributed by atoms with Gasteiger partial charge in [0.15, 0.2) is 5.69 Å². The number of hydrogen-bond donors (Lipinski definition) is 2. The molecule has 0 amide bonds. The Balaban J connectivity index is 2.03. The zero-order valence-corrected chi connectivity index (χ0v) is 14.4. The molecule has 0 aliphatic heterocycles. The standard InChI is InChI=1S/C17H14FN3O4S/c1-11-2-5-13(6-3-11)26(24,25)20-15-10-12(18)4-7-16(15)21-9-8-14(19-21)17(22)23/h2-10,20H,1H3,(H,22,23). The van der Waals surface area contributed by atoms with E-state index in [2.05, 4.69) is 9.82 Å². The van der Waals surface area contributed by atoms with Crippen LogP contribution < -0.4 is 4.72 Å². The molecule has 0 bridgehead atoms. The molecular formula is C17H14FN3O4S. The van der Waals surface area contributed by atoms with Gasteiger partial charge in [0, 0.05) is 12.3 Å². The van der Waals surface area contributed by atoms with Crippen molar-refractivity contribution in [2.45, 2.75) is 11.8 Å². The summed E-state index contributed by atoms with van der Waals surface area (Å²) >= 11 is 0. The average Bonchev–Trinajstić information content (AvgIpc) is 3.05. The van der Waals surface area contributed by atoms with E-state index in [0.29, 0.717) is 0 Å². The molecule has 134 valence electrons. The predicted octanol–water partition coefficient (Wildman–Crippen LogP) is 2.82. The predicted molar refractivity (Wildman–Crippen MR) is 92.5 cm³/mol. The van der Waals surface area contributed by atoms with Gasteiger partial charge in [-0.15, -0.1) is 0 Å². The molecule has 0 atom stereocenters. The molecule has 0 saturated carbocycles. The van der Waals surface area contributed by atoms with Crippen molar-refractivity contribution in [2.24, 2.45) is 0 Å². The van der Waals surface area contributed by atoms with E-state index in [1.165, 1.54) is 30.5 Å². The second-order valence-electron chi connectivity index (χ2n) is 5.53. The maximum atomic E-state index is 13.7. The summed E-state index contributed by atoms with van der Waals surface area (Å²) in [6.45, 7) is 1.83. The largest absolute Gasteiger partial charge is 0.476 e. The van der Waals surface area contributed by atoms with Gasteiger partial charge in [0.05, 0.1) is 16.3 Å². The Kier molecular flexibility index (Phi) is 4.47. The van der Waals surface area contributed by atoms with Crippen molar-refractivity contribution in [3.05, 3.63) is 71.8 Å². The molecule has 1 heterocycles. The number of aryl methyl sites for hydroxylation is 1. The second-order valence-corrected chi connectivity index (χ2v) is 7.21. The molecule has 0 fully saturated rings. The Labute approximate surface area is 148 Å². The van der Waals surface area contributed by atoms with E-state index in [9.17, 15) is 17.6 Å². The average molecular weight is 375 g/mol. The van der Waals surface area contributed by atoms with Gasteiger partial charge in [0.25, 0.3) is 10.0 Å². The number of halogens is 1. The molecule has 2 aromatic carbocycles. The SMILES string of the molecule is Cc1ccc(S(=O)(=O)Nc2cc(F)ccc2-n2ccc(C(=O)O)n2)cc1. The zero-order valence-electron chi connectivity index (χ0n) is 13.5. The van der Waals surface area contributed by atoms with Gasteiger partial charge in [-0.05, 0) is 37.3 Å². The highest BCUT2D eigenvalue weighted by molar-refractivity contribution is 7.92. The van der Waals surface area contributed by atoms with Gasteiger partial charge in [-0.2, -0.15) is 5.10 Å². The Morgan fingerprint density at radius 1 is 1.15 bits per heavy atom. The van der Waals surface area contributed by atoms with Crippen LogP contribution in [-0.2, 0) is 10.0 Å². The number of carboxylic acid groups (broad SMARTS) is 1. The monoisotopic (exact) mass is 375 g/mol. The lowest BCUT2D eigenvalue weighted by molar-refractivity contribution is 0.0690. The maximum Gasteiger partial charge on any atom is 0.356 e. The molecule has 0 aliphatic carbocycles. The summed E-state index contributed by atoms with van der Waals surface area (Å²) in [7, 11) is -3.96. The number of benzene rings is 2. The highest BCUT2D eigenvalue weighted by Gasteiger charge is 2.18. The smallest absolute Gasteiger partial charge is 0.356 e. The molecule has 3 aromatic rings. The number of nitrogens with zero attached hydrogens (tertiary/aromatic N) is 2. The lowest BCUT2D eigenvalue weighted by Crippen LogP contribution is -2.15. The number of rotatable bonds is 5. The van der Waals surface area contributed by atoms with Crippen LogP contribution in [-0.4, -0.2) is 29.3 Å². The first-order chi connectivity index (χ1) is 12.3. The Morgan fingerprint density at radius 3 is 2.46 bits per heavy atom. The molecule has 9 heteroatoms. The molecule has 1 aromatic heterocycles. The molecule has 3 rings (SSSR count). The summed E-state index contributed by atoms with van der Waals surface area (Å²) in [5, 5.41) is 12.8. The number of hydrogen-bond acceptors (Lipinski definition) is 4. The first-order valence-corrected chi connectivity index (χ1v) is 8.93. The van der Waals surface area contributed by atoms with Crippen LogP contribution in [0.25, 0.3) is 5.69 Å². The van der Waals surface area contributed by atoms with E-state index in [1.807, 2.05) is 6.92 Å². The van der Waals surface area contributed by atoms with E-state index in [-0.39, 0.29) is 22.0 Å². The zero-order chi connectivity index (χ0) is 18.9. The van der Waals surface area contributed by atoms with Crippen LogP contribution in [0.1, 0.15) is 16.1 Å². The molecular weight excluding hydrogens is 361 g/mol. The van der Waals surface area contributed by atoms with E-state index >= 15 is 0 Å². The summed E-state index contributed by atoms with van der Waals surface area (Å²) in [6.07, 6.45) is 1.35. The van der Waals surface area contributed by atoms with Crippen LogP contribution in [0, 0.1) is 12.7 Å². The van der Waals surface area contributed by atoms with Crippen LogP contribution >= 0.6 is 0 Å². The van der Waals surface area contributed by atoms with E-state index in [0.717, 1.165) is 22.4 Å². The van der Waals surface area contributed by atoms with Gasteiger partial charge in [0.2, 0.25) is 0 Å². The number of aromatic carboxylic acids is 1. The molecule has 7 nitrogen and oxygen atoms in total. The van der Waals surface area contributed by atoms with Gasteiger partial charge in [-0.25, -0.2) is 22.3 Å². The quantitative estimate of drug-likeness (QED) is 0.714. The fourth-order valence-electron chi connectivity index (χ4n) is 2.28. The number of sulfonamides is 1. The van der Waals surface area contributed by atoms with Gasteiger partial charge >= 0.3 is 5.97 Å². The fourth-order valence-corrected chi connectivity index (χ4v) is 3.35. The van der Waals surface area contributed by atoms with Crippen molar-refractivity contribution in [3.63, 3.8) is 0 Å². The minimum absolute atomic E-state index is 0.0185. The maximum absolute atomic E-state index is 13.7. The minimum atomic E-state index is -3.96. The van der Waals surface area contributed by atoms with Crippen molar-refractivity contribution in [1.29, 1.82) is 0 Å². The second kappa shape index (κ2) is 6.60. The van der Waals surface area contributed by atoms with Crippen molar-refractivity contribution >= 4 is 21.7 Å². The first kappa shape index (κ1) is 17.6. The molecule has 0 spiro atoms. The minimum Gasteiger partial charge on any atom is -0.476 e. The lowest BCUT2D eigenvalue weighted by Gasteiger charge is -2.13. The van der Waals surface area contributed by atoms with E-state index < -0.39 is 21.8 Å². The number of aromatic nitrogens is 2. The van der Waals surface area contributed by atoms with Gasteiger partial charge in [0.1, 0.15) is 5.82 Å². The molecule has 0 radical (unpaired) electrons. The summed E-state index contributed by atoms with van der Waals surface area (Å²) in [5.41, 5.74) is 0.801. The third kappa shape index (κ3) is 3.57. The highest BCUT2D eigenvalue weighted by atomic mass is 32.2. The first-order valence-electron chi connectivity index (χ1n) is 7.45. The van der Waals surface area contributed by atoms with Crippen molar-refractivity contribution in [2.75, 3.05) is 4.72 Å². The Hall–Kier alpha value is -3.20. The van der Waals surface area contributed by atoms with Crippen LogP contribution in [0.3, 0.4) is 0 Å². The Morgan fingerprint density at radius 2 is 1.85 bits per heavy atom. The van der Waals surface area contributed by atoms with E-state index in [1.54, 1.807) is 12.1 Å². The fraction of sp³-hybridized carbons (Fsp3) is 0.0588. The molecule has 0 saturated heterocycles. The topological polar surface area (TPSA) is 101 Å². The number of carbonyl (C=O) groups is 1. The normalized spacial score (nSPS) is 11.3. The van der Waals surface area contributed by atoms with Crippen LogP contribution in [0.15, 0.2) is 59.6 Å². The van der Waals surface area contributed by atoms with Gasteiger partial charge in [-0.3, -0.25) is 4.72 Å².